The smallest absolute Gasteiger partial charge is 0.321 e. The Labute approximate surface area is 136 Å². The first-order valence-electron chi connectivity index (χ1n) is 7.17. The van der Waals surface area contributed by atoms with E-state index in [1.165, 1.54) is 17.0 Å². The number of hydroxylamine groups is 1. The van der Waals surface area contributed by atoms with Crippen molar-refractivity contribution >= 4 is 23.4 Å². The fourth-order valence-electron chi connectivity index (χ4n) is 2.46. The number of hydrogen-bond donors (Lipinski definition) is 1. The number of carbonyl (C=O) groups excluding carboxylic acids is 2. The molecule has 1 N–H and O–H groups in total. The summed E-state index contributed by atoms with van der Waals surface area (Å²) >= 11 is 0. The highest BCUT2D eigenvalue weighted by molar-refractivity contribution is 5.96. The van der Waals surface area contributed by atoms with Crippen LogP contribution in [-0.4, -0.2) is 23.5 Å². The van der Waals surface area contributed by atoms with E-state index in [-0.39, 0.29) is 5.69 Å². The lowest BCUT2D eigenvalue weighted by Gasteiger charge is -2.16. The van der Waals surface area contributed by atoms with E-state index in [4.69, 9.17) is 4.84 Å². The number of hydrogen-bond acceptors (Lipinski definition) is 5. The Kier molecular flexibility index (Phi) is 4.11. The number of rotatable bonds is 2. The normalized spacial score (nSPS) is 12.4. The van der Waals surface area contributed by atoms with Crippen LogP contribution < -0.4 is 10.4 Å². The van der Waals surface area contributed by atoms with Gasteiger partial charge in [-0.3, -0.25) is 19.8 Å². The van der Waals surface area contributed by atoms with Crippen LogP contribution in [0.3, 0.4) is 0 Å². The van der Waals surface area contributed by atoms with Crippen molar-refractivity contribution in [1.29, 1.82) is 0 Å². The Balaban J connectivity index is 1.68. The summed E-state index contributed by atoms with van der Waals surface area (Å²) in [5.74, 6) is -0.553. The second-order valence-electron chi connectivity index (χ2n) is 5.14. The minimum absolute atomic E-state index is 0.109. The first kappa shape index (κ1) is 15.5. The van der Waals surface area contributed by atoms with Gasteiger partial charge in [0.2, 0.25) is 0 Å². The van der Waals surface area contributed by atoms with Crippen LogP contribution in [0.5, 0.6) is 0 Å². The average Bonchev–Trinajstić information content (AvgIpc) is 3.03. The molecule has 0 unspecified atom stereocenters. The summed E-state index contributed by atoms with van der Waals surface area (Å²) in [5.41, 5.74) is 3.55. The zero-order valence-electron chi connectivity index (χ0n) is 12.5. The molecule has 8 nitrogen and oxygen atoms in total. The standard InChI is InChI=1S/C16H13N3O5/c20-15(12-4-2-1-3-5-12)17-24-16(21)18-9-8-11-6-7-13(19(22)23)10-14(11)18/h1-7,10H,8-9H2,(H,17,20). The monoisotopic (exact) mass is 327 g/mol. The Morgan fingerprint density at radius 1 is 1.17 bits per heavy atom. The highest BCUT2D eigenvalue weighted by Gasteiger charge is 2.28. The molecule has 0 saturated carbocycles. The molecule has 2 aromatic carbocycles. The lowest BCUT2D eigenvalue weighted by molar-refractivity contribution is -0.384. The molecule has 0 saturated heterocycles. The van der Waals surface area contributed by atoms with Crippen molar-refractivity contribution < 1.29 is 19.3 Å². The molecule has 24 heavy (non-hydrogen) atoms. The molecule has 0 radical (unpaired) electrons. The molecule has 0 spiro atoms. The van der Waals surface area contributed by atoms with Crippen molar-refractivity contribution in [2.75, 3.05) is 11.4 Å². The largest absolute Gasteiger partial charge is 0.438 e. The van der Waals surface area contributed by atoms with E-state index in [2.05, 4.69) is 5.48 Å². The number of amides is 2. The van der Waals surface area contributed by atoms with Gasteiger partial charge < -0.3 is 4.84 Å². The molecule has 8 heteroatoms. The van der Waals surface area contributed by atoms with Gasteiger partial charge in [-0.25, -0.2) is 4.79 Å². The van der Waals surface area contributed by atoms with E-state index >= 15 is 0 Å². The molecular weight excluding hydrogens is 314 g/mol. The van der Waals surface area contributed by atoms with Crippen LogP contribution >= 0.6 is 0 Å². The summed E-state index contributed by atoms with van der Waals surface area (Å²) < 4.78 is 0. The fourth-order valence-corrected chi connectivity index (χ4v) is 2.46. The molecular formula is C16H13N3O5. The average molecular weight is 327 g/mol. The number of nitrogens with zero attached hydrogens (tertiary/aromatic N) is 2. The molecule has 1 aliphatic heterocycles. The first-order chi connectivity index (χ1) is 11.6. The Hall–Kier alpha value is -3.42. The number of nitro benzene ring substituents is 1. The third-order valence-electron chi connectivity index (χ3n) is 3.66. The zero-order valence-corrected chi connectivity index (χ0v) is 12.5. The minimum atomic E-state index is -0.793. The van der Waals surface area contributed by atoms with Crippen LogP contribution in [0.25, 0.3) is 0 Å². The van der Waals surface area contributed by atoms with Crippen LogP contribution in [-0.2, 0) is 11.3 Å². The van der Waals surface area contributed by atoms with E-state index in [9.17, 15) is 19.7 Å². The molecule has 0 aliphatic carbocycles. The molecule has 0 bridgehead atoms. The number of non-ortho nitro benzene ring substituents is 1. The number of carbonyl (C=O) groups is 2. The van der Waals surface area contributed by atoms with Gasteiger partial charge in [0.05, 0.1) is 10.6 Å². The fraction of sp³-hybridized carbons (Fsp3) is 0.125. The van der Waals surface area contributed by atoms with E-state index in [1.807, 2.05) is 0 Å². The van der Waals surface area contributed by atoms with Crippen molar-refractivity contribution in [2.45, 2.75) is 6.42 Å². The Morgan fingerprint density at radius 2 is 1.92 bits per heavy atom. The van der Waals surface area contributed by atoms with Gasteiger partial charge in [-0.1, -0.05) is 24.3 Å². The van der Waals surface area contributed by atoms with Crippen LogP contribution in [0.4, 0.5) is 16.2 Å². The van der Waals surface area contributed by atoms with Gasteiger partial charge in [-0.05, 0) is 24.1 Å². The molecule has 1 heterocycles. The van der Waals surface area contributed by atoms with Gasteiger partial charge in [0, 0.05) is 24.2 Å². The minimum Gasteiger partial charge on any atom is -0.321 e. The molecule has 0 aromatic heterocycles. The molecule has 1 aliphatic rings. The van der Waals surface area contributed by atoms with E-state index in [0.29, 0.717) is 24.2 Å². The van der Waals surface area contributed by atoms with E-state index in [1.54, 1.807) is 36.4 Å². The van der Waals surface area contributed by atoms with Crippen LogP contribution in [0, 0.1) is 10.1 Å². The molecule has 3 rings (SSSR count). The quantitative estimate of drug-likeness (QED) is 0.674. The Bertz CT molecular complexity index is 807. The summed E-state index contributed by atoms with van der Waals surface area (Å²) in [4.78, 5) is 40.4. The second-order valence-corrected chi connectivity index (χ2v) is 5.14. The van der Waals surface area contributed by atoms with Gasteiger partial charge in [0.15, 0.2) is 0 Å². The third kappa shape index (κ3) is 3.02. The number of anilines is 1. The lowest BCUT2D eigenvalue weighted by atomic mass is 10.1. The number of benzene rings is 2. The van der Waals surface area contributed by atoms with Crippen molar-refractivity contribution in [2.24, 2.45) is 0 Å². The number of nitrogens with one attached hydrogen (secondary N) is 1. The van der Waals surface area contributed by atoms with E-state index in [0.717, 1.165) is 5.56 Å². The zero-order chi connectivity index (χ0) is 17.1. The molecule has 2 amide bonds. The van der Waals surface area contributed by atoms with Gasteiger partial charge >= 0.3 is 6.09 Å². The first-order valence-corrected chi connectivity index (χ1v) is 7.17. The van der Waals surface area contributed by atoms with Crippen molar-refractivity contribution in [3.05, 3.63) is 69.8 Å². The predicted molar refractivity (Wildman–Crippen MR) is 84.5 cm³/mol. The van der Waals surface area contributed by atoms with Gasteiger partial charge in [0.1, 0.15) is 0 Å². The van der Waals surface area contributed by atoms with Gasteiger partial charge in [0.25, 0.3) is 11.6 Å². The van der Waals surface area contributed by atoms with Crippen LogP contribution in [0.1, 0.15) is 15.9 Å². The number of nitro groups is 1. The molecule has 2 aromatic rings. The van der Waals surface area contributed by atoms with Crippen molar-refractivity contribution in [3.8, 4) is 0 Å². The van der Waals surface area contributed by atoms with Gasteiger partial charge in [-0.2, -0.15) is 5.48 Å². The van der Waals surface area contributed by atoms with Crippen LogP contribution in [0.2, 0.25) is 0 Å². The maximum absolute atomic E-state index is 12.1. The number of fused-ring (bicyclic) bond motifs is 1. The predicted octanol–water partition coefficient (Wildman–Crippen LogP) is 2.44. The van der Waals surface area contributed by atoms with Crippen molar-refractivity contribution in [1.82, 2.24) is 5.48 Å². The summed E-state index contributed by atoms with van der Waals surface area (Å²) in [6.45, 7) is 0.330. The second kappa shape index (κ2) is 6.37. The highest BCUT2D eigenvalue weighted by Crippen LogP contribution is 2.31. The topological polar surface area (TPSA) is 102 Å². The SMILES string of the molecule is O=C(NOC(=O)N1CCc2ccc([N+](=O)[O-])cc21)c1ccccc1. The lowest BCUT2D eigenvalue weighted by Crippen LogP contribution is -2.36. The summed E-state index contributed by atoms with van der Waals surface area (Å²) in [6, 6.07) is 12.6. The van der Waals surface area contributed by atoms with E-state index < -0.39 is 16.9 Å². The van der Waals surface area contributed by atoms with Crippen molar-refractivity contribution in [3.63, 3.8) is 0 Å². The maximum atomic E-state index is 12.1. The highest BCUT2D eigenvalue weighted by atomic mass is 16.7. The summed E-state index contributed by atoms with van der Waals surface area (Å²) in [6.07, 6.45) is -0.228. The Morgan fingerprint density at radius 3 is 2.62 bits per heavy atom. The molecule has 0 atom stereocenters. The molecule has 122 valence electrons. The van der Waals surface area contributed by atoms with Gasteiger partial charge in [-0.15, -0.1) is 0 Å². The van der Waals surface area contributed by atoms with Crippen LogP contribution in [0.15, 0.2) is 48.5 Å². The summed E-state index contributed by atoms with van der Waals surface area (Å²) in [7, 11) is 0. The molecule has 0 fully saturated rings. The maximum Gasteiger partial charge on any atom is 0.438 e. The summed E-state index contributed by atoms with van der Waals surface area (Å²) in [5, 5.41) is 10.9. The third-order valence-corrected chi connectivity index (χ3v) is 3.66.